The fourth-order valence-electron chi connectivity index (χ4n) is 2.38. The van der Waals surface area contributed by atoms with Crippen LogP contribution in [0.4, 0.5) is 0 Å². The molecule has 0 aliphatic rings. The zero-order valence-electron chi connectivity index (χ0n) is 15.1. The molecule has 8 nitrogen and oxygen atoms in total. The molecule has 3 rings (SSSR count). The standard InChI is InChI=1S/C17H24N8S/c1-14-22-23-16(24(14)2)13-20-17(19-12-15-6-3-11-26-15)18-7-4-9-25-10-5-8-21-25/h3,5-6,8,10-11H,4,7,9,12-13H2,1-2H3,(H2,18,19,20). The maximum absolute atomic E-state index is 4.66. The van der Waals surface area contributed by atoms with Crippen molar-refractivity contribution in [3.05, 3.63) is 52.5 Å². The molecule has 3 heterocycles. The van der Waals surface area contributed by atoms with Crippen LogP contribution >= 0.6 is 11.3 Å². The summed E-state index contributed by atoms with van der Waals surface area (Å²) < 4.78 is 3.89. The fraction of sp³-hybridized carbons (Fsp3) is 0.412. The lowest BCUT2D eigenvalue weighted by atomic mass is 10.4. The summed E-state index contributed by atoms with van der Waals surface area (Å²) in [6.45, 7) is 4.86. The molecule has 0 saturated carbocycles. The Hall–Kier alpha value is -2.68. The Morgan fingerprint density at radius 1 is 1.27 bits per heavy atom. The van der Waals surface area contributed by atoms with Crippen molar-refractivity contribution in [1.82, 2.24) is 35.2 Å². The Bertz CT molecular complexity index is 804. The largest absolute Gasteiger partial charge is 0.356 e. The molecule has 0 unspecified atom stereocenters. The summed E-state index contributed by atoms with van der Waals surface area (Å²) in [5, 5.41) is 21.3. The van der Waals surface area contributed by atoms with Gasteiger partial charge in [-0.25, -0.2) is 4.99 Å². The van der Waals surface area contributed by atoms with Crippen molar-refractivity contribution in [2.75, 3.05) is 6.54 Å². The van der Waals surface area contributed by atoms with Crippen LogP contribution in [-0.2, 0) is 26.7 Å². The van der Waals surface area contributed by atoms with Crippen LogP contribution < -0.4 is 10.6 Å². The number of nitrogens with zero attached hydrogens (tertiary/aromatic N) is 6. The van der Waals surface area contributed by atoms with Crippen molar-refractivity contribution >= 4 is 17.3 Å². The maximum atomic E-state index is 4.66. The summed E-state index contributed by atoms with van der Waals surface area (Å²) in [4.78, 5) is 5.92. The van der Waals surface area contributed by atoms with E-state index in [0.29, 0.717) is 6.54 Å². The van der Waals surface area contributed by atoms with Crippen molar-refractivity contribution in [2.24, 2.45) is 12.0 Å². The lowest BCUT2D eigenvalue weighted by molar-refractivity contribution is 0.570. The number of guanidine groups is 1. The van der Waals surface area contributed by atoms with Gasteiger partial charge in [0.2, 0.25) is 0 Å². The Kier molecular flexibility index (Phi) is 6.37. The van der Waals surface area contributed by atoms with Gasteiger partial charge in [-0.15, -0.1) is 21.5 Å². The summed E-state index contributed by atoms with van der Waals surface area (Å²) in [5.41, 5.74) is 0. The van der Waals surface area contributed by atoms with Crippen molar-refractivity contribution < 1.29 is 0 Å². The summed E-state index contributed by atoms with van der Waals surface area (Å²) in [7, 11) is 1.95. The fourth-order valence-corrected chi connectivity index (χ4v) is 3.02. The molecule has 0 radical (unpaired) electrons. The van der Waals surface area contributed by atoms with Crippen LogP contribution in [0.5, 0.6) is 0 Å². The van der Waals surface area contributed by atoms with Crippen LogP contribution in [0.15, 0.2) is 41.0 Å². The lowest BCUT2D eigenvalue weighted by Gasteiger charge is -2.12. The normalized spacial score (nSPS) is 11.7. The highest BCUT2D eigenvalue weighted by molar-refractivity contribution is 7.09. The topological polar surface area (TPSA) is 85.0 Å². The van der Waals surface area contributed by atoms with Gasteiger partial charge in [-0.05, 0) is 30.9 Å². The van der Waals surface area contributed by atoms with Gasteiger partial charge in [0.15, 0.2) is 11.8 Å². The second kappa shape index (κ2) is 9.14. The highest BCUT2D eigenvalue weighted by Gasteiger charge is 2.05. The third kappa shape index (κ3) is 5.16. The first kappa shape index (κ1) is 18.1. The SMILES string of the molecule is Cc1nnc(CN=C(NCCCn2cccn2)NCc2cccs2)n1C. The molecule has 0 spiro atoms. The number of hydrogen-bond donors (Lipinski definition) is 2. The summed E-state index contributed by atoms with van der Waals surface area (Å²) >= 11 is 1.73. The molecule has 9 heteroatoms. The van der Waals surface area contributed by atoms with E-state index in [1.165, 1.54) is 4.88 Å². The first-order valence-electron chi connectivity index (χ1n) is 8.59. The van der Waals surface area contributed by atoms with Gasteiger partial charge in [0.25, 0.3) is 0 Å². The highest BCUT2D eigenvalue weighted by atomic mass is 32.1. The van der Waals surface area contributed by atoms with Gasteiger partial charge in [0, 0.05) is 37.4 Å². The van der Waals surface area contributed by atoms with Gasteiger partial charge in [0.1, 0.15) is 12.4 Å². The minimum absolute atomic E-state index is 0.482. The van der Waals surface area contributed by atoms with Crippen LogP contribution in [0.25, 0.3) is 0 Å². The zero-order valence-corrected chi connectivity index (χ0v) is 15.9. The number of nitrogens with one attached hydrogen (secondary N) is 2. The molecule has 138 valence electrons. The van der Waals surface area contributed by atoms with Crippen molar-refractivity contribution in [3.63, 3.8) is 0 Å². The molecule has 0 atom stereocenters. The molecule has 26 heavy (non-hydrogen) atoms. The predicted molar refractivity (Wildman–Crippen MR) is 103 cm³/mol. The monoisotopic (exact) mass is 372 g/mol. The molecular weight excluding hydrogens is 348 g/mol. The van der Waals surface area contributed by atoms with Crippen LogP contribution in [0.2, 0.25) is 0 Å². The van der Waals surface area contributed by atoms with Gasteiger partial charge >= 0.3 is 0 Å². The maximum Gasteiger partial charge on any atom is 0.192 e. The first-order chi connectivity index (χ1) is 12.7. The number of hydrogen-bond acceptors (Lipinski definition) is 5. The second-order valence-corrected chi connectivity index (χ2v) is 6.90. The van der Waals surface area contributed by atoms with E-state index >= 15 is 0 Å². The number of aliphatic imine (C=N–C) groups is 1. The number of aryl methyl sites for hydroxylation is 2. The minimum Gasteiger partial charge on any atom is -0.356 e. The van der Waals surface area contributed by atoms with E-state index in [1.807, 2.05) is 35.5 Å². The molecular formula is C17H24N8S. The Balaban J connectivity index is 1.54. The smallest absolute Gasteiger partial charge is 0.192 e. The van der Waals surface area contributed by atoms with E-state index in [-0.39, 0.29) is 0 Å². The second-order valence-electron chi connectivity index (χ2n) is 5.87. The zero-order chi connectivity index (χ0) is 18.2. The van der Waals surface area contributed by atoms with Crippen LogP contribution in [0.1, 0.15) is 22.9 Å². The Morgan fingerprint density at radius 2 is 2.19 bits per heavy atom. The first-order valence-corrected chi connectivity index (χ1v) is 9.47. The molecule has 0 aromatic carbocycles. The Morgan fingerprint density at radius 3 is 2.88 bits per heavy atom. The molecule has 0 saturated heterocycles. The molecule has 0 fully saturated rings. The third-order valence-corrected chi connectivity index (χ3v) is 4.86. The van der Waals surface area contributed by atoms with Gasteiger partial charge < -0.3 is 15.2 Å². The van der Waals surface area contributed by atoms with E-state index in [9.17, 15) is 0 Å². The molecule has 0 bridgehead atoms. The predicted octanol–water partition coefficient (Wildman–Crippen LogP) is 1.71. The van der Waals surface area contributed by atoms with Crippen molar-refractivity contribution in [3.8, 4) is 0 Å². The molecule has 3 aromatic rings. The van der Waals surface area contributed by atoms with Crippen LogP contribution in [0, 0.1) is 6.92 Å². The number of thiophene rings is 1. The summed E-state index contributed by atoms with van der Waals surface area (Å²) in [5.74, 6) is 2.51. The molecule has 0 aliphatic carbocycles. The van der Waals surface area contributed by atoms with E-state index in [0.717, 1.165) is 43.7 Å². The van der Waals surface area contributed by atoms with Gasteiger partial charge in [-0.3, -0.25) is 4.68 Å². The summed E-state index contributed by atoms with van der Waals surface area (Å²) in [6, 6.07) is 6.10. The third-order valence-electron chi connectivity index (χ3n) is 3.99. The summed E-state index contributed by atoms with van der Waals surface area (Å²) in [6.07, 6.45) is 4.73. The minimum atomic E-state index is 0.482. The van der Waals surface area contributed by atoms with E-state index in [2.05, 4.69) is 48.4 Å². The number of aromatic nitrogens is 5. The van der Waals surface area contributed by atoms with Gasteiger partial charge in [-0.1, -0.05) is 6.07 Å². The average Bonchev–Trinajstić information content (AvgIpc) is 3.39. The van der Waals surface area contributed by atoms with Crippen LogP contribution in [0.3, 0.4) is 0 Å². The van der Waals surface area contributed by atoms with Crippen LogP contribution in [-0.4, -0.2) is 37.0 Å². The van der Waals surface area contributed by atoms with E-state index in [1.54, 1.807) is 17.5 Å². The molecule has 3 aromatic heterocycles. The van der Waals surface area contributed by atoms with Gasteiger partial charge in [-0.2, -0.15) is 5.10 Å². The highest BCUT2D eigenvalue weighted by Crippen LogP contribution is 2.07. The average molecular weight is 373 g/mol. The van der Waals surface area contributed by atoms with Crippen molar-refractivity contribution in [1.29, 1.82) is 0 Å². The molecule has 0 aliphatic heterocycles. The van der Waals surface area contributed by atoms with E-state index < -0.39 is 0 Å². The van der Waals surface area contributed by atoms with Crippen molar-refractivity contribution in [2.45, 2.75) is 33.0 Å². The molecule has 2 N–H and O–H groups in total. The quantitative estimate of drug-likeness (QED) is 0.357. The lowest BCUT2D eigenvalue weighted by Crippen LogP contribution is -2.37. The van der Waals surface area contributed by atoms with Gasteiger partial charge in [0.05, 0.1) is 6.54 Å². The number of rotatable bonds is 8. The Labute approximate surface area is 157 Å². The molecule has 0 amide bonds. The van der Waals surface area contributed by atoms with E-state index in [4.69, 9.17) is 0 Å².